The number of nitrogens with zero attached hydrogens (tertiary/aromatic N) is 4. The SMILES string of the molecule is Cc1ccc(=O)n(CCN2CCN(C(=O)c3cc4ccccc4[nH]3)CC2)n1. The van der Waals surface area contributed by atoms with Crippen molar-refractivity contribution >= 4 is 16.8 Å². The van der Waals surface area contributed by atoms with Crippen molar-refractivity contribution < 1.29 is 4.79 Å². The van der Waals surface area contributed by atoms with Gasteiger partial charge in [0.15, 0.2) is 0 Å². The van der Waals surface area contributed by atoms with Gasteiger partial charge in [-0.2, -0.15) is 5.10 Å². The number of aromatic nitrogens is 3. The van der Waals surface area contributed by atoms with Crippen LogP contribution >= 0.6 is 0 Å². The standard InChI is InChI=1S/C20H23N5O2/c1-15-6-7-19(26)25(22-15)13-10-23-8-11-24(12-9-23)20(27)18-14-16-4-2-3-5-17(16)21-18/h2-7,14,21H,8-13H2,1H3. The van der Waals surface area contributed by atoms with E-state index in [9.17, 15) is 9.59 Å². The third-order valence-corrected chi connectivity index (χ3v) is 5.05. The van der Waals surface area contributed by atoms with Gasteiger partial charge < -0.3 is 9.88 Å². The van der Waals surface area contributed by atoms with Gasteiger partial charge in [-0.05, 0) is 25.1 Å². The fraction of sp³-hybridized carbons (Fsp3) is 0.350. The average molecular weight is 365 g/mol. The van der Waals surface area contributed by atoms with Crippen LogP contribution in [0.1, 0.15) is 16.2 Å². The molecule has 4 rings (SSSR count). The molecular weight excluding hydrogens is 342 g/mol. The Kier molecular flexibility index (Phi) is 4.77. The molecule has 1 fully saturated rings. The molecule has 0 unspecified atom stereocenters. The lowest BCUT2D eigenvalue weighted by Gasteiger charge is -2.34. The van der Waals surface area contributed by atoms with Gasteiger partial charge in [-0.3, -0.25) is 14.5 Å². The number of H-pyrrole nitrogens is 1. The van der Waals surface area contributed by atoms with Crippen molar-refractivity contribution in [3.05, 3.63) is 64.2 Å². The van der Waals surface area contributed by atoms with E-state index in [4.69, 9.17) is 0 Å². The van der Waals surface area contributed by atoms with Gasteiger partial charge in [0, 0.05) is 49.7 Å². The van der Waals surface area contributed by atoms with Crippen molar-refractivity contribution in [2.75, 3.05) is 32.7 Å². The summed E-state index contributed by atoms with van der Waals surface area (Å²) in [6, 6.07) is 13.1. The Morgan fingerprint density at radius 2 is 1.85 bits per heavy atom. The van der Waals surface area contributed by atoms with Crippen LogP contribution in [0.2, 0.25) is 0 Å². The fourth-order valence-corrected chi connectivity index (χ4v) is 3.48. The van der Waals surface area contributed by atoms with E-state index >= 15 is 0 Å². The maximum atomic E-state index is 12.8. The van der Waals surface area contributed by atoms with Crippen molar-refractivity contribution in [3.8, 4) is 0 Å². The molecule has 3 heterocycles. The van der Waals surface area contributed by atoms with Crippen LogP contribution in [0.15, 0.2) is 47.3 Å². The molecule has 3 aromatic rings. The number of hydrogen-bond acceptors (Lipinski definition) is 4. The van der Waals surface area contributed by atoms with E-state index in [0.29, 0.717) is 25.3 Å². The molecule has 1 saturated heterocycles. The van der Waals surface area contributed by atoms with Gasteiger partial charge in [0.2, 0.25) is 0 Å². The number of benzene rings is 1. The fourth-order valence-electron chi connectivity index (χ4n) is 3.48. The molecule has 0 aliphatic carbocycles. The zero-order chi connectivity index (χ0) is 18.8. The van der Waals surface area contributed by atoms with Gasteiger partial charge in [0.05, 0.1) is 12.2 Å². The van der Waals surface area contributed by atoms with Crippen LogP contribution in [0.3, 0.4) is 0 Å². The first-order chi connectivity index (χ1) is 13.1. The molecule has 1 aliphatic heterocycles. The molecule has 1 N–H and O–H groups in total. The summed E-state index contributed by atoms with van der Waals surface area (Å²) in [5.74, 6) is 0.0439. The van der Waals surface area contributed by atoms with Crippen molar-refractivity contribution in [3.63, 3.8) is 0 Å². The number of aryl methyl sites for hydroxylation is 1. The third kappa shape index (κ3) is 3.78. The molecule has 0 atom stereocenters. The maximum absolute atomic E-state index is 12.8. The van der Waals surface area contributed by atoms with Crippen molar-refractivity contribution in [1.82, 2.24) is 24.6 Å². The Morgan fingerprint density at radius 3 is 2.63 bits per heavy atom. The van der Waals surface area contributed by atoms with Gasteiger partial charge in [-0.15, -0.1) is 0 Å². The average Bonchev–Trinajstić information content (AvgIpc) is 3.13. The molecule has 0 spiro atoms. The second-order valence-corrected chi connectivity index (χ2v) is 6.94. The summed E-state index contributed by atoms with van der Waals surface area (Å²) < 4.78 is 1.51. The number of carbonyl (C=O) groups is 1. The summed E-state index contributed by atoms with van der Waals surface area (Å²) in [6.07, 6.45) is 0. The van der Waals surface area contributed by atoms with E-state index in [1.165, 1.54) is 4.68 Å². The smallest absolute Gasteiger partial charge is 0.270 e. The summed E-state index contributed by atoms with van der Waals surface area (Å²) in [5, 5.41) is 5.32. The zero-order valence-electron chi connectivity index (χ0n) is 15.4. The normalized spacial score (nSPS) is 15.4. The summed E-state index contributed by atoms with van der Waals surface area (Å²) in [6.45, 7) is 6.17. The Bertz CT molecular complexity index is 981. The highest BCUT2D eigenvalue weighted by atomic mass is 16.2. The van der Waals surface area contributed by atoms with Crippen molar-refractivity contribution in [2.24, 2.45) is 0 Å². The van der Waals surface area contributed by atoms with Crippen LogP contribution in [0, 0.1) is 6.92 Å². The summed E-state index contributed by atoms with van der Waals surface area (Å²) in [5.41, 5.74) is 2.38. The van der Waals surface area contributed by atoms with Crippen molar-refractivity contribution in [1.29, 1.82) is 0 Å². The van der Waals surface area contributed by atoms with Crippen LogP contribution in [-0.2, 0) is 6.54 Å². The van der Waals surface area contributed by atoms with E-state index < -0.39 is 0 Å². The lowest BCUT2D eigenvalue weighted by atomic mass is 10.2. The molecule has 0 radical (unpaired) electrons. The quantitative estimate of drug-likeness (QED) is 0.760. The minimum Gasteiger partial charge on any atom is -0.351 e. The molecule has 27 heavy (non-hydrogen) atoms. The monoisotopic (exact) mass is 365 g/mol. The number of piperazine rings is 1. The highest BCUT2D eigenvalue weighted by Gasteiger charge is 2.23. The number of rotatable bonds is 4. The van der Waals surface area contributed by atoms with Crippen LogP contribution in [0.5, 0.6) is 0 Å². The van der Waals surface area contributed by atoms with E-state index in [1.807, 2.05) is 42.2 Å². The predicted molar refractivity (Wildman–Crippen MR) is 104 cm³/mol. The number of nitrogens with one attached hydrogen (secondary N) is 1. The van der Waals surface area contributed by atoms with Crippen molar-refractivity contribution in [2.45, 2.75) is 13.5 Å². The highest BCUT2D eigenvalue weighted by Crippen LogP contribution is 2.16. The third-order valence-electron chi connectivity index (χ3n) is 5.05. The maximum Gasteiger partial charge on any atom is 0.270 e. The molecule has 7 nitrogen and oxygen atoms in total. The summed E-state index contributed by atoms with van der Waals surface area (Å²) in [7, 11) is 0. The van der Waals surface area contributed by atoms with Gasteiger partial charge in [0.25, 0.3) is 11.5 Å². The molecule has 1 amide bonds. The minimum atomic E-state index is -0.0757. The van der Waals surface area contributed by atoms with Crippen LogP contribution in [0.4, 0.5) is 0 Å². The highest BCUT2D eigenvalue weighted by molar-refractivity contribution is 5.98. The van der Waals surface area contributed by atoms with Crippen LogP contribution in [-0.4, -0.2) is 63.2 Å². The van der Waals surface area contributed by atoms with Gasteiger partial charge in [-0.25, -0.2) is 4.68 Å². The Labute approximate surface area is 157 Å². The van der Waals surface area contributed by atoms with E-state index in [-0.39, 0.29) is 11.5 Å². The molecule has 0 bridgehead atoms. The van der Waals surface area contributed by atoms with Gasteiger partial charge in [-0.1, -0.05) is 18.2 Å². The number of hydrogen-bond donors (Lipinski definition) is 1. The van der Waals surface area contributed by atoms with Crippen LogP contribution in [0.25, 0.3) is 10.9 Å². The zero-order valence-corrected chi connectivity index (χ0v) is 15.4. The Hall–Kier alpha value is -2.93. The second-order valence-electron chi connectivity index (χ2n) is 6.94. The largest absolute Gasteiger partial charge is 0.351 e. The molecular formula is C20H23N5O2. The molecule has 0 saturated carbocycles. The molecule has 1 aliphatic rings. The first-order valence-corrected chi connectivity index (χ1v) is 9.24. The topological polar surface area (TPSA) is 74.2 Å². The lowest BCUT2D eigenvalue weighted by molar-refractivity contribution is 0.0626. The molecule has 2 aromatic heterocycles. The lowest BCUT2D eigenvalue weighted by Crippen LogP contribution is -2.49. The Balaban J connectivity index is 1.33. The number of carbonyl (C=O) groups excluding carboxylic acids is 1. The molecule has 140 valence electrons. The number of aromatic amines is 1. The van der Waals surface area contributed by atoms with Crippen LogP contribution < -0.4 is 5.56 Å². The minimum absolute atomic E-state index is 0.0439. The number of fused-ring (bicyclic) bond motifs is 1. The predicted octanol–water partition coefficient (Wildman–Crippen LogP) is 1.49. The van der Waals surface area contributed by atoms with E-state index in [0.717, 1.165) is 36.2 Å². The molecule has 1 aromatic carbocycles. The summed E-state index contributed by atoms with van der Waals surface area (Å²) in [4.78, 5) is 32.0. The van der Waals surface area contributed by atoms with E-state index in [2.05, 4.69) is 15.0 Å². The van der Waals surface area contributed by atoms with Gasteiger partial charge >= 0.3 is 0 Å². The number of para-hydroxylation sites is 1. The molecule has 7 heteroatoms. The van der Waals surface area contributed by atoms with Gasteiger partial charge in [0.1, 0.15) is 5.69 Å². The first kappa shape index (κ1) is 17.5. The Morgan fingerprint density at radius 1 is 1.07 bits per heavy atom. The number of amides is 1. The first-order valence-electron chi connectivity index (χ1n) is 9.24. The van der Waals surface area contributed by atoms with E-state index in [1.54, 1.807) is 12.1 Å². The summed E-state index contributed by atoms with van der Waals surface area (Å²) >= 11 is 0. The second kappa shape index (κ2) is 7.36.